The van der Waals surface area contributed by atoms with Gasteiger partial charge in [-0.2, -0.15) is 0 Å². The molecule has 8 heteroatoms. The van der Waals surface area contributed by atoms with Crippen molar-refractivity contribution in [2.45, 2.75) is 26.2 Å². The van der Waals surface area contributed by atoms with Gasteiger partial charge in [0.05, 0.1) is 42.5 Å². The number of ether oxygens (including phenoxy) is 2. The fraction of sp³-hybridized carbons (Fsp3) is 0.435. The summed E-state index contributed by atoms with van der Waals surface area (Å²) in [5.41, 5.74) is 5.19. The number of fused-ring (bicyclic) bond motifs is 3. The Labute approximate surface area is 181 Å². The number of hydrogen-bond acceptors (Lipinski definition) is 7. The number of para-hydroxylation sites is 2. The normalized spacial score (nSPS) is 18.6. The number of carbonyl (C=O) groups excluding carboxylic acids is 1. The molecular formula is C23H27N5O3. The Balaban J connectivity index is 1.50. The maximum absolute atomic E-state index is 12.4. The number of aromatic amines is 1. The van der Waals surface area contributed by atoms with Gasteiger partial charge < -0.3 is 24.7 Å². The highest BCUT2D eigenvalue weighted by molar-refractivity contribution is 5.95. The van der Waals surface area contributed by atoms with Gasteiger partial charge in [-0.15, -0.1) is 0 Å². The summed E-state index contributed by atoms with van der Waals surface area (Å²) >= 11 is 0. The van der Waals surface area contributed by atoms with Gasteiger partial charge in [0.1, 0.15) is 17.8 Å². The first kappa shape index (κ1) is 19.8. The molecular weight excluding hydrogens is 394 g/mol. The summed E-state index contributed by atoms with van der Waals surface area (Å²) in [5.74, 6) is 0.513. The minimum absolute atomic E-state index is 0.119. The van der Waals surface area contributed by atoms with Crippen LogP contribution in [0.1, 0.15) is 24.6 Å². The average molecular weight is 422 g/mol. The van der Waals surface area contributed by atoms with Gasteiger partial charge in [0.2, 0.25) is 0 Å². The lowest BCUT2D eigenvalue weighted by atomic mass is 9.86. The predicted molar refractivity (Wildman–Crippen MR) is 119 cm³/mol. The molecule has 0 saturated carbocycles. The number of hydrogen-bond donors (Lipinski definition) is 2. The van der Waals surface area contributed by atoms with E-state index in [9.17, 15) is 4.79 Å². The number of benzene rings is 1. The van der Waals surface area contributed by atoms with Crippen LogP contribution in [0.3, 0.4) is 0 Å². The van der Waals surface area contributed by atoms with Crippen molar-refractivity contribution in [2.75, 3.05) is 43.1 Å². The van der Waals surface area contributed by atoms with Gasteiger partial charge in [0, 0.05) is 18.8 Å². The molecule has 0 spiro atoms. The van der Waals surface area contributed by atoms with Crippen LogP contribution in [0.4, 0.5) is 17.2 Å². The first-order valence-corrected chi connectivity index (χ1v) is 10.9. The Morgan fingerprint density at radius 3 is 2.97 bits per heavy atom. The van der Waals surface area contributed by atoms with E-state index in [4.69, 9.17) is 9.47 Å². The summed E-state index contributed by atoms with van der Waals surface area (Å²) in [5, 5.41) is 4.51. The third-order valence-corrected chi connectivity index (χ3v) is 6.10. The fourth-order valence-electron chi connectivity index (χ4n) is 4.58. The Morgan fingerprint density at radius 2 is 2.13 bits per heavy atom. The van der Waals surface area contributed by atoms with Crippen LogP contribution in [-0.2, 0) is 27.1 Å². The van der Waals surface area contributed by atoms with Crippen molar-refractivity contribution in [3.05, 3.63) is 41.9 Å². The molecule has 1 fully saturated rings. The lowest BCUT2D eigenvalue weighted by molar-refractivity contribution is -0.148. The van der Waals surface area contributed by atoms with Crippen LogP contribution in [0.25, 0.3) is 11.0 Å². The van der Waals surface area contributed by atoms with Crippen LogP contribution >= 0.6 is 0 Å². The largest absolute Gasteiger partial charge is 0.466 e. The van der Waals surface area contributed by atoms with Gasteiger partial charge in [0.15, 0.2) is 0 Å². The number of anilines is 3. The van der Waals surface area contributed by atoms with Crippen molar-refractivity contribution in [2.24, 2.45) is 5.92 Å². The van der Waals surface area contributed by atoms with Gasteiger partial charge in [-0.1, -0.05) is 12.1 Å². The molecule has 162 valence electrons. The lowest BCUT2D eigenvalue weighted by Crippen LogP contribution is -2.36. The van der Waals surface area contributed by atoms with E-state index in [0.29, 0.717) is 13.0 Å². The highest BCUT2D eigenvalue weighted by atomic mass is 16.5. The fourth-order valence-corrected chi connectivity index (χ4v) is 4.58. The highest BCUT2D eigenvalue weighted by Crippen LogP contribution is 2.37. The molecule has 31 heavy (non-hydrogen) atoms. The molecule has 0 amide bonds. The first-order valence-electron chi connectivity index (χ1n) is 10.9. The Morgan fingerprint density at radius 1 is 1.29 bits per heavy atom. The maximum Gasteiger partial charge on any atom is 0.309 e. The van der Waals surface area contributed by atoms with Crippen LogP contribution in [0, 0.1) is 5.92 Å². The van der Waals surface area contributed by atoms with Gasteiger partial charge in [-0.05, 0) is 43.9 Å². The van der Waals surface area contributed by atoms with E-state index in [0.717, 1.165) is 78.6 Å². The Kier molecular flexibility index (Phi) is 5.46. The van der Waals surface area contributed by atoms with E-state index in [1.807, 2.05) is 19.1 Å². The number of rotatable bonds is 5. The van der Waals surface area contributed by atoms with Gasteiger partial charge in [0.25, 0.3) is 0 Å². The number of aromatic nitrogens is 3. The van der Waals surface area contributed by atoms with Gasteiger partial charge >= 0.3 is 5.97 Å². The monoisotopic (exact) mass is 421 g/mol. The smallest absolute Gasteiger partial charge is 0.309 e. The van der Waals surface area contributed by atoms with Crippen molar-refractivity contribution in [1.82, 2.24) is 15.0 Å². The number of morpholine rings is 1. The van der Waals surface area contributed by atoms with Crippen LogP contribution in [0.5, 0.6) is 0 Å². The SMILES string of the molecule is CCOC(=O)C1CCc2[nH]c3ncnc(Nc4ccccc4N4CCOCC4)c3c2C1. The zero-order valence-corrected chi connectivity index (χ0v) is 17.7. The summed E-state index contributed by atoms with van der Waals surface area (Å²) in [6, 6.07) is 8.26. The van der Waals surface area contributed by atoms with Gasteiger partial charge in [-0.3, -0.25) is 4.79 Å². The molecule has 1 aromatic carbocycles. The molecule has 1 aliphatic carbocycles. The minimum Gasteiger partial charge on any atom is -0.466 e. The van der Waals surface area contributed by atoms with Crippen LogP contribution < -0.4 is 10.2 Å². The molecule has 3 heterocycles. The zero-order valence-electron chi connectivity index (χ0n) is 17.7. The van der Waals surface area contributed by atoms with Crippen molar-refractivity contribution >= 4 is 34.2 Å². The molecule has 8 nitrogen and oxygen atoms in total. The number of nitrogens with one attached hydrogen (secondary N) is 2. The van der Waals surface area contributed by atoms with Crippen molar-refractivity contribution in [3.63, 3.8) is 0 Å². The maximum atomic E-state index is 12.4. The van der Waals surface area contributed by atoms with E-state index >= 15 is 0 Å². The van der Waals surface area contributed by atoms with E-state index in [1.54, 1.807) is 6.33 Å². The number of H-pyrrole nitrogens is 1. The quantitative estimate of drug-likeness (QED) is 0.611. The summed E-state index contributed by atoms with van der Waals surface area (Å²) in [4.78, 5) is 27.2. The van der Waals surface area contributed by atoms with Crippen molar-refractivity contribution in [3.8, 4) is 0 Å². The van der Waals surface area contributed by atoms with E-state index in [1.165, 1.54) is 0 Å². The Bertz CT molecular complexity index is 1090. The van der Waals surface area contributed by atoms with E-state index < -0.39 is 0 Å². The number of aryl methyl sites for hydroxylation is 1. The highest BCUT2D eigenvalue weighted by Gasteiger charge is 2.30. The molecule has 2 aliphatic rings. The zero-order chi connectivity index (χ0) is 21.2. The molecule has 2 aromatic heterocycles. The van der Waals surface area contributed by atoms with Crippen LogP contribution in [-0.4, -0.2) is 53.8 Å². The summed E-state index contributed by atoms with van der Waals surface area (Å²) in [6.07, 6.45) is 3.81. The van der Waals surface area contributed by atoms with E-state index in [2.05, 4.69) is 37.3 Å². The number of carbonyl (C=O) groups is 1. The van der Waals surface area contributed by atoms with Gasteiger partial charge in [-0.25, -0.2) is 9.97 Å². The second-order valence-corrected chi connectivity index (χ2v) is 7.96. The van der Waals surface area contributed by atoms with Crippen LogP contribution in [0.15, 0.2) is 30.6 Å². The minimum atomic E-state index is -0.125. The van der Waals surface area contributed by atoms with Crippen molar-refractivity contribution in [1.29, 1.82) is 0 Å². The summed E-state index contributed by atoms with van der Waals surface area (Å²) in [6.45, 7) is 5.43. The number of esters is 1. The molecule has 1 saturated heterocycles. The molecule has 0 radical (unpaired) electrons. The lowest BCUT2D eigenvalue weighted by Gasteiger charge is -2.30. The predicted octanol–water partition coefficient (Wildman–Crippen LogP) is 3.21. The first-order chi connectivity index (χ1) is 15.2. The molecule has 0 bridgehead atoms. The second-order valence-electron chi connectivity index (χ2n) is 7.96. The molecule has 1 atom stereocenters. The molecule has 5 rings (SSSR count). The second kappa shape index (κ2) is 8.55. The summed E-state index contributed by atoms with van der Waals surface area (Å²) < 4.78 is 10.8. The molecule has 2 N–H and O–H groups in total. The standard InChI is InChI=1S/C23H27N5O3/c1-2-31-23(29)15-7-8-17-16(13-15)20-21(26-17)24-14-25-22(20)27-18-5-3-4-6-19(18)28-9-11-30-12-10-28/h3-6,14-15H,2,7-13H2,1H3,(H2,24,25,26,27). The van der Waals surface area contributed by atoms with E-state index in [-0.39, 0.29) is 11.9 Å². The third-order valence-electron chi connectivity index (χ3n) is 6.10. The third kappa shape index (κ3) is 3.83. The number of nitrogens with zero attached hydrogens (tertiary/aromatic N) is 3. The van der Waals surface area contributed by atoms with Crippen molar-refractivity contribution < 1.29 is 14.3 Å². The van der Waals surface area contributed by atoms with Crippen LogP contribution in [0.2, 0.25) is 0 Å². The molecule has 1 aliphatic heterocycles. The summed E-state index contributed by atoms with van der Waals surface area (Å²) in [7, 11) is 0. The average Bonchev–Trinajstić information content (AvgIpc) is 3.19. The topological polar surface area (TPSA) is 92.4 Å². The molecule has 1 unspecified atom stereocenters. The molecule has 3 aromatic rings. The Hall–Kier alpha value is -3.13.